The highest BCUT2D eigenvalue weighted by Crippen LogP contribution is 2.24. The fourth-order valence-electron chi connectivity index (χ4n) is 3.39. The maximum Gasteiger partial charge on any atom is 0.278 e. The first kappa shape index (κ1) is 21.6. The van der Waals surface area contributed by atoms with Crippen molar-refractivity contribution in [2.24, 2.45) is 0 Å². The minimum atomic E-state index is -0.373. The van der Waals surface area contributed by atoms with Gasteiger partial charge >= 0.3 is 0 Å². The number of hydrogen-bond acceptors (Lipinski definition) is 5. The topological polar surface area (TPSA) is 82.2 Å². The van der Waals surface area contributed by atoms with E-state index in [1.54, 1.807) is 31.2 Å². The number of anilines is 1. The number of rotatable bonds is 7. The van der Waals surface area contributed by atoms with Gasteiger partial charge < -0.3 is 14.6 Å². The van der Waals surface area contributed by atoms with Gasteiger partial charge in [0.05, 0.1) is 29.2 Å². The quantitative estimate of drug-likeness (QED) is 0.411. The maximum absolute atomic E-state index is 13.0. The monoisotopic (exact) mass is 450 g/mol. The van der Waals surface area contributed by atoms with Crippen molar-refractivity contribution in [2.45, 2.75) is 33.9 Å². The van der Waals surface area contributed by atoms with E-state index in [4.69, 9.17) is 20.9 Å². The Morgan fingerprint density at radius 1 is 1.09 bits per heavy atom. The van der Waals surface area contributed by atoms with Crippen LogP contribution in [-0.2, 0) is 13.2 Å². The number of aromatic nitrogens is 3. The van der Waals surface area contributed by atoms with Crippen LogP contribution in [0.5, 0.6) is 5.75 Å². The zero-order valence-electron chi connectivity index (χ0n) is 18.1. The van der Waals surface area contributed by atoms with Gasteiger partial charge in [-0.3, -0.25) is 9.48 Å². The van der Waals surface area contributed by atoms with Gasteiger partial charge in [-0.2, -0.15) is 5.10 Å². The van der Waals surface area contributed by atoms with E-state index < -0.39 is 0 Å². The molecule has 1 N–H and O–H groups in total. The lowest BCUT2D eigenvalue weighted by Crippen LogP contribution is -2.16. The van der Waals surface area contributed by atoms with Crippen LogP contribution in [0.25, 0.3) is 0 Å². The first-order chi connectivity index (χ1) is 15.4. The number of nitrogens with zero attached hydrogens (tertiary/aromatic N) is 3. The smallest absolute Gasteiger partial charge is 0.278 e. The van der Waals surface area contributed by atoms with Crippen LogP contribution >= 0.6 is 11.6 Å². The second kappa shape index (κ2) is 9.28. The molecule has 0 saturated heterocycles. The first-order valence-corrected chi connectivity index (χ1v) is 10.5. The van der Waals surface area contributed by atoms with Gasteiger partial charge in [-0.25, -0.2) is 0 Å². The van der Waals surface area contributed by atoms with Crippen LogP contribution in [0, 0.1) is 20.8 Å². The van der Waals surface area contributed by atoms with Crippen LogP contribution in [-0.4, -0.2) is 20.8 Å². The summed E-state index contributed by atoms with van der Waals surface area (Å²) >= 11 is 5.91. The van der Waals surface area contributed by atoms with E-state index in [2.05, 4.69) is 15.6 Å². The number of amides is 1. The van der Waals surface area contributed by atoms with Crippen molar-refractivity contribution in [3.05, 3.63) is 93.6 Å². The minimum absolute atomic E-state index is 0.144. The Balaban J connectivity index is 1.50. The standard InChI is InChI=1S/C24H23ClN4O3/c1-15-22(16(2)29(27-15)13-18-7-5-4-6-8-18)26-24(30)23-21(17(3)32-28-23)14-31-20-11-9-19(25)10-12-20/h4-12H,13-14H2,1-3H3,(H,26,30). The Morgan fingerprint density at radius 2 is 1.81 bits per heavy atom. The molecule has 0 aliphatic rings. The molecule has 0 fully saturated rings. The summed E-state index contributed by atoms with van der Waals surface area (Å²) in [6.07, 6.45) is 0. The number of carbonyl (C=O) groups excluding carboxylic acids is 1. The van der Waals surface area contributed by atoms with Crippen molar-refractivity contribution in [3.8, 4) is 5.75 Å². The van der Waals surface area contributed by atoms with E-state index in [0.717, 1.165) is 17.0 Å². The highest BCUT2D eigenvalue weighted by atomic mass is 35.5. The molecule has 32 heavy (non-hydrogen) atoms. The predicted molar refractivity (Wildman–Crippen MR) is 122 cm³/mol. The average Bonchev–Trinajstić information content (AvgIpc) is 3.28. The molecule has 7 nitrogen and oxygen atoms in total. The van der Waals surface area contributed by atoms with Gasteiger partial charge in [-0.1, -0.05) is 47.1 Å². The Bertz CT molecular complexity index is 1230. The second-order valence-corrected chi connectivity index (χ2v) is 7.89. The zero-order chi connectivity index (χ0) is 22.7. The van der Waals surface area contributed by atoms with Crippen molar-refractivity contribution in [1.82, 2.24) is 14.9 Å². The lowest BCUT2D eigenvalue weighted by molar-refractivity contribution is 0.101. The van der Waals surface area contributed by atoms with E-state index in [-0.39, 0.29) is 18.2 Å². The van der Waals surface area contributed by atoms with Gasteiger partial charge in [0.2, 0.25) is 0 Å². The average molecular weight is 451 g/mol. The molecular formula is C24H23ClN4O3. The second-order valence-electron chi connectivity index (χ2n) is 7.45. The summed E-state index contributed by atoms with van der Waals surface area (Å²) in [5, 5.41) is 12.1. The molecule has 0 aliphatic heterocycles. The number of carbonyl (C=O) groups is 1. The molecule has 0 saturated carbocycles. The third-order valence-electron chi connectivity index (χ3n) is 5.19. The summed E-state index contributed by atoms with van der Waals surface area (Å²) < 4.78 is 12.9. The van der Waals surface area contributed by atoms with Gasteiger partial charge in [-0.15, -0.1) is 0 Å². The number of nitrogens with one attached hydrogen (secondary N) is 1. The van der Waals surface area contributed by atoms with Gasteiger partial charge in [0.25, 0.3) is 5.91 Å². The van der Waals surface area contributed by atoms with Crippen molar-refractivity contribution in [2.75, 3.05) is 5.32 Å². The maximum atomic E-state index is 13.0. The Morgan fingerprint density at radius 3 is 2.53 bits per heavy atom. The van der Waals surface area contributed by atoms with Crippen LogP contribution < -0.4 is 10.1 Å². The Hall–Kier alpha value is -3.58. The summed E-state index contributed by atoms with van der Waals surface area (Å²) in [5.74, 6) is 0.787. The molecule has 2 aromatic heterocycles. The molecule has 1 amide bonds. The van der Waals surface area contributed by atoms with Crippen molar-refractivity contribution < 1.29 is 14.1 Å². The molecule has 4 rings (SSSR count). The fourth-order valence-corrected chi connectivity index (χ4v) is 3.51. The molecule has 0 aliphatic carbocycles. The summed E-state index contributed by atoms with van der Waals surface area (Å²) in [6, 6.07) is 17.0. The van der Waals surface area contributed by atoms with Crippen molar-refractivity contribution in [3.63, 3.8) is 0 Å². The van der Waals surface area contributed by atoms with E-state index >= 15 is 0 Å². The summed E-state index contributed by atoms with van der Waals surface area (Å²) in [7, 11) is 0. The highest BCUT2D eigenvalue weighted by molar-refractivity contribution is 6.30. The number of ether oxygens (including phenoxy) is 1. The molecule has 0 bridgehead atoms. The highest BCUT2D eigenvalue weighted by Gasteiger charge is 2.23. The van der Waals surface area contributed by atoms with Crippen LogP contribution in [0.3, 0.4) is 0 Å². The predicted octanol–water partition coefficient (Wildman–Crippen LogP) is 5.33. The Kier molecular flexibility index (Phi) is 6.28. The normalized spacial score (nSPS) is 10.9. The lowest BCUT2D eigenvalue weighted by atomic mass is 10.2. The fraction of sp³-hybridized carbons (Fsp3) is 0.208. The summed E-state index contributed by atoms with van der Waals surface area (Å²) in [5.41, 5.74) is 4.15. The molecule has 2 heterocycles. The first-order valence-electron chi connectivity index (χ1n) is 10.1. The molecule has 4 aromatic rings. The van der Waals surface area contributed by atoms with Gasteiger partial charge in [-0.05, 0) is 50.6 Å². The summed E-state index contributed by atoms with van der Waals surface area (Å²) in [4.78, 5) is 13.0. The summed E-state index contributed by atoms with van der Waals surface area (Å²) in [6.45, 7) is 6.30. The molecule has 0 spiro atoms. The molecule has 8 heteroatoms. The van der Waals surface area contributed by atoms with Crippen LogP contribution in [0.1, 0.15) is 38.8 Å². The van der Waals surface area contributed by atoms with Gasteiger partial charge in [0.15, 0.2) is 5.69 Å². The Labute approximate surface area is 190 Å². The number of benzene rings is 2. The van der Waals surface area contributed by atoms with Crippen LogP contribution in [0.4, 0.5) is 5.69 Å². The zero-order valence-corrected chi connectivity index (χ0v) is 18.8. The molecule has 0 radical (unpaired) electrons. The van der Waals surface area contributed by atoms with Gasteiger partial charge in [0, 0.05) is 5.02 Å². The SMILES string of the molecule is Cc1nn(Cc2ccccc2)c(C)c1NC(=O)c1noc(C)c1COc1ccc(Cl)cc1. The number of hydrogen-bond donors (Lipinski definition) is 1. The van der Waals surface area contributed by atoms with E-state index in [1.807, 2.05) is 48.9 Å². The van der Waals surface area contributed by atoms with Crippen molar-refractivity contribution in [1.29, 1.82) is 0 Å². The molecule has 2 aromatic carbocycles. The molecule has 0 unspecified atom stereocenters. The lowest BCUT2D eigenvalue weighted by Gasteiger charge is -2.08. The van der Waals surface area contributed by atoms with Crippen LogP contribution in [0.2, 0.25) is 5.02 Å². The molecule has 0 atom stereocenters. The minimum Gasteiger partial charge on any atom is -0.489 e. The van der Waals surface area contributed by atoms with Gasteiger partial charge in [0.1, 0.15) is 18.1 Å². The van der Waals surface area contributed by atoms with Crippen molar-refractivity contribution >= 4 is 23.2 Å². The van der Waals surface area contributed by atoms with Crippen LogP contribution in [0.15, 0.2) is 59.1 Å². The van der Waals surface area contributed by atoms with E-state index in [1.165, 1.54) is 0 Å². The van der Waals surface area contributed by atoms with E-state index in [0.29, 0.717) is 34.3 Å². The molecule has 164 valence electrons. The number of halogens is 1. The number of aryl methyl sites for hydroxylation is 2. The van der Waals surface area contributed by atoms with E-state index in [9.17, 15) is 4.79 Å². The molecular weight excluding hydrogens is 428 g/mol. The largest absolute Gasteiger partial charge is 0.489 e. The third-order valence-corrected chi connectivity index (χ3v) is 5.44. The third kappa shape index (κ3) is 4.68.